The van der Waals surface area contributed by atoms with Crippen LogP contribution in [-0.2, 0) is 30.2 Å². The van der Waals surface area contributed by atoms with Crippen molar-refractivity contribution in [2.24, 2.45) is 5.73 Å². The van der Waals surface area contributed by atoms with E-state index in [1.807, 2.05) is 0 Å². The summed E-state index contributed by atoms with van der Waals surface area (Å²) in [5, 5.41) is 0. The predicted molar refractivity (Wildman–Crippen MR) is 135 cm³/mol. The van der Waals surface area contributed by atoms with Crippen LogP contribution in [-0.4, -0.2) is 55.2 Å². The lowest BCUT2D eigenvalue weighted by molar-refractivity contribution is -0.151. The molecule has 11 heteroatoms. The van der Waals surface area contributed by atoms with Crippen molar-refractivity contribution in [3.05, 3.63) is 59.7 Å². The molecule has 0 radical (unpaired) electrons. The number of benzene rings is 2. The summed E-state index contributed by atoms with van der Waals surface area (Å²) in [6, 6.07) is 11.6. The van der Waals surface area contributed by atoms with E-state index in [0.717, 1.165) is 0 Å². The van der Waals surface area contributed by atoms with Gasteiger partial charge in [-0.15, -0.1) is 0 Å². The number of ether oxygens (including phenoxy) is 6. The predicted octanol–water partition coefficient (Wildman–Crippen LogP) is 4.19. The van der Waals surface area contributed by atoms with Gasteiger partial charge in [0.1, 0.15) is 18.8 Å². The van der Waals surface area contributed by atoms with Gasteiger partial charge in [-0.2, -0.15) is 0 Å². The minimum Gasteiger partial charge on any atom is -0.458 e. The van der Waals surface area contributed by atoms with Gasteiger partial charge in [0.05, 0.1) is 17.8 Å². The Morgan fingerprint density at radius 1 is 0.763 bits per heavy atom. The Morgan fingerprint density at radius 2 is 1.34 bits per heavy atom. The van der Waals surface area contributed by atoms with Crippen LogP contribution in [0.15, 0.2) is 48.5 Å². The molecule has 2 aromatic carbocycles. The molecule has 0 fully saturated rings. The lowest BCUT2D eigenvalue weighted by Crippen LogP contribution is -2.37. The second-order valence-electron chi connectivity index (χ2n) is 8.84. The topological polar surface area (TPSA) is 150 Å². The maximum absolute atomic E-state index is 12.5. The molecule has 0 heterocycles. The first-order valence-corrected chi connectivity index (χ1v) is 12.0. The van der Waals surface area contributed by atoms with Crippen LogP contribution in [0.25, 0.3) is 0 Å². The van der Waals surface area contributed by atoms with Crippen LogP contribution < -0.4 is 15.2 Å². The van der Waals surface area contributed by atoms with Crippen LogP contribution in [0.4, 0.5) is 9.59 Å². The third kappa shape index (κ3) is 10.5. The quantitative estimate of drug-likeness (QED) is 0.252. The molecule has 2 aromatic rings. The summed E-state index contributed by atoms with van der Waals surface area (Å²) in [5.41, 5.74) is 6.87. The molecule has 2 N–H and O–H groups in total. The second kappa shape index (κ2) is 14.6. The summed E-state index contributed by atoms with van der Waals surface area (Å²) in [4.78, 5) is 48.5. The van der Waals surface area contributed by atoms with Crippen LogP contribution in [0.1, 0.15) is 50.5 Å². The SMILES string of the molecule is CC(C)OC(=O)Oc1ccc(C[C@H](N)C(=O)O[C@H](C)COC(=O)c2ccccc2)cc1OC(=O)OC(C)C. The summed E-state index contributed by atoms with van der Waals surface area (Å²) >= 11 is 0. The number of rotatable bonds is 11. The second-order valence-corrected chi connectivity index (χ2v) is 8.84. The lowest BCUT2D eigenvalue weighted by atomic mass is 10.1. The fourth-order valence-corrected chi connectivity index (χ4v) is 2.96. The van der Waals surface area contributed by atoms with Gasteiger partial charge in [-0.3, -0.25) is 4.79 Å². The summed E-state index contributed by atoms with van der Waals surface area (Å²) in [6.45, 7) is 8.00. The molecule has 0 saturated heterocycles. The first-order valence-electron chi connectivity index (χ1n) is 12.0. The van der Waals surface area contributed by atoms with E-state index in [-0.39, 0.29) is 24.5 Å². The molecule has 0 amide bonds. The van der Waals surface area contributed by atoms with E-state index in [1.165, 1.54) is 18.2 Å². The monoisotopic (exact) mass is 531 g/mol. The van der Waals surface area contributed by atoms with Crippen molar-refractivity contribution in [1.82, 2.24) is 0 Å². The molecular formula is C27H33NO10. The van der Waals surface area contributed by atoms with Gasteiger partial charge in [-0.1, -0.05) is 24.3 Å². The maximum atomic E-state index is 12.5. The number of esters is 2. The van der Waals surface area contributed by atoms with E-state index in [1.54, 1.807) is 65.0 Å². The number of hydrogen-bond acceptors (Lipinski definition) is 11. The zero-order valence-corrected chi connectivity index (χ0v) is 22.0. The molecule has 0 aromatic heterocycles. The van der Waals surface area contributed by atoms with E-state index >= 15 is 0 Å². The fraction of sp³-hybridized carbons (Fsp3) is 0.407. The molecule has 0 bridgehead atoms. The average molecular weight is 532 g/mol. The van der Waals surface area contributed by atoms with Crippen molar-refractivity contribution < 1.29 is 47.6 Å². The van der Waals surface area contributed by atoms with Crippen molar-refractivity contribution in [2.75, 3.05) is 6.61 Å². The lowest BCUT2D eigenvalue weighted by Gasteiger charge is -2.18. The van der Waals surface area contributed by atoms with Crippen LogP contribution in [0.2, 0.25) is 0 Å². The Kier molecular flexibility index (Phi) is 11.5. The van der Waals surface area contributed by atoms with Gasteiger partial charge in [0.25, 0.3) is 0 Å². The molecule has 0 saturated carbocycles. The number of carbonyl (C=O) groups is 4. The molecule has 38 heavy (non-hydrogen) atoms. The summed E-state index contributed by atoms with van der Waals surface area (Å²) in [6.07, 6.45) is -3.61. The Balaban J connectivity index is 2.01. The highest BCUT2D eigenvalue weighted by molar-refractivity contribution is 5.89. The largest absolute Gasteiger partial charge is 0.514 e. The highest BCUT2D eigenvalue weighted by atomic mass is 16.7. The molecular weight excluding hydrogens is 498 g/mol. The number of nitrogens with two attached hydrogens (primary N) is 1. The van der Waals surface area contributed by atoms with E-state index in [4.69, 9.17) is 34.2 Å². The first kappa shape index (κ1) is 30.1. The van der Waals surface area contributed by atoms with E-state index < -0.39 is 48.6 Å². The summed E-state index contributed by atoms with van der Waals surface area (Å²) in [7, 11) is 0. The number of hydrogen-bond donors (Lipinski definition) is 1. The molecule has 2 rings (SSSR count). The van der Waals surface area contributed by atoms with Crippen LogP contribution >= 0.6 is 0 Å². The molecule has 2 atom stereocenters. The summed E-state index contributed by atoms with van der Waals surface area (Å²) < 4.78 is 30.7. The van der Waals surface area contributed by atoms with Gasteiger partial charge in [0, 0.05) is 0 Å². The van der Waals surface area contributed by atoms with E-state index in [2.05, 4.69) is 0 Å². The summed E-state index contributed by atoms with van der Waals surface area (Å²) in [5.74, 6) is -1.49. The number of carbonyl (C=O) groups excluding carboxylic acids is 4. The van der Waals surface area contributed by atoms with E-state index in [0.29, 0.717) is 11.1 Å². The highest BCUT2D eigenvalue weighted by Gasteiger charge is 2.22. The fourth-order valence-electron chi connectivity index (χ4n) is 2.96. The van der Waals surface area contributed by atoms with Crippen molar-refractivity contribution in [1.29, 1.82) is 0 Å². The van der Waals surface area contributed by atoms with Crippen LogP contribution in [0, 0.1) is 0 Å². The molecule has 0 spiro atoms. The van der Waals surface area contributed by atoms with Gasteiger partial charge < -0.3 is 34.2 Å². The highest BCUT2D eigenvalue weighted by Crippen LogP contribution is 2.30. The molecule has 0 aliphatic heterocycles. The molecule has 206 valence electrons. The van der Waals surface area contributed by atoms with Crippen LogP contribution in [0.5, 0.6) is 11.5 Å². The smallest absolute Gasteiger partial charge is 0.458 e. The van der Waals surface area contributed by atoms with Gasteiger partial charge in [-0.25, -0.2) is 14.4 Å². The van der Waals surface area contributed by atoms with Crippen molar-refractivity contribution in [2.45, 2.75) is 65.4 Å². The average Bonchev–Trinajstić information content (AvgIpc) is 2.83. The Bertz CT molecular complexity index is 1100. The Hall–Kier alpha value is -4.12. The normalized spacial score (nSPS) is 12.3. The van der Waals surface area contributed by atoms with Crippen molar-refractivity contribution in [3.63, 3.8) is 0 Å². The van der Waals surface area contributed by atoms with Crippen molar-refractivity contribution in [3.8, 4) is 11.5 Å². The first-order chi connectivity index (χ1) is 17.9. The molecule has 11 nitrogen and oxygen atoms in total. The minimum absolute atomic E-state index is 0.00165. The molecule has 0 unspecified atom stereocenters. The van der Waals surface area contributed by atoms with E-state index in [9.17, 15) is 19.2 Å². The van der Waals surface area contributed by atoms with Gasteiger partial charge >= 0.3 is 24.2 Å². The zero-order chi connectivity index (χ0) is 28.2. The standard InChI is InChI=1S/C27H33NO10/c1-16(2)34-26(31)37-22-12-11-19(14-23(22)38-27(32)35-17(3)4)13-21(28)25(30)36-18(5)15-33-24(29)20-9-7-6-8-10-20/h6-12,14,16-18,21H,13,15,28H2,1-5H3/t18-,21+/m1/s1. The van der Waals surface area contributed by atoms with Gasteiger partial charge in [-0.05, 0) is 70.9 Å². The maximum Gasteiger partial charge on any atom is 0.514 e. The zero-order valence-electron chi connectivity index (χ0n) is 22.0. The molecule has 0 aliphatic rings. The minimum atomic E-state index is -1.09. The third-order valence-electron chi connectivity index (χ3n) is 4.59. The Morgan fingerprint density at radius 3 is 1.92 bits per heavy atom. The third-order valence-corrected chi connectivity index (χ3v) is 4.59. The van der Waals surface area contributed by atoms with Crippen molar-refractivity contribution >= 4 is 24.2 Å². The van der Waals surface area contributed by atoms with Gasteiger partial charge in [0.2, 0.25) is 0 Å². The molecule has 0 aliphatic carbocycles. The van der Waals surface area contributed by atoms with Crippen LogP contribution in [0.3, 0.4) is 0 Å². The Labute approximate surface area is 221 Å². The van der Waals surface area contributed by atoms with Gasteiger partial charge in [0.15, 0.2) is 11.5 Å².